The molecule has 0 aliphatic carbocycles. The van der Waals surface area contributed by atoms with E-state index in [-0.39, 0.29) is 11.9 Å². The number of nitriles is 1. The summed E-state index contributed by atoms with van der Waals surface area (Å²) < 4.78 is 20.1. The summed E-state index contributed by atoms with van der Waals surface area (Å²) in [5.41, 5.74) is 3.06. The van der Waals surface area contributed by atoms with E-state index in [0.29, 0.717) is 31.6 Å². The normalized spacial score (nSPS) is 21.9. The molecule has 5 heterocycles. The fourth-order valence-corrected chi connectivity index (χ4v) is 5.93. The van der Waals surface area contributed by atoms with Crippen LogP contribution in [0.3, 0.4) is 0 Å². The zero-order valence-electron chi connectivity index (χ0n) is 21.7. The van der Waals surface area contributed by atoms with Crippen LogP contribution < -0.4 is 19.9 Å². The number of aromatic nitrogens is 3. The minimum atomic E-state index is -0.266. The lowest BCUT2D eigenvalue weighted by molar-refractivity contribution is 0.187. The van der Waals surface area contributed by atoms with Gasteiger partial charge in [0, 0.05) is 60.8 Å². The van der Waals surface area contributed by atoms with Crippen LogP contribution in [0.2, 0.25) is 0 Å². The number of fused-ring (bicyclic) bond motifs is 2. The number of nitrogens with zero attached hydrogens (tertiary/aromatic N) is 7. The summed E-state index contributed by atoms with van der Waals surface area (Å²) in [6.07, 6.45) is 7.09. The number of benzene rings is 1. The van der Waals surface area contributed by atoms with Crippen LogP contribution in [0.1, 0.15) is 30.5 Å². The van der Waals surface area contributed by atoms with E-state index in [2.05, 4.69) is 38.1 Å². The van der Waals surface area contributed by atoms with Gasteiger partial charge in [-0.15, -0.1) is 0 Å². The van der Waals surface area contributed by atoms with Crippen molar-refractivity contribution in [3.05, 3.63) is 47.7 Å². The first-order chi connectivity index (χ1) is 18.6. The molecule has 10 heteroatoms. The first kappa shape index (κ1) is 24.8. The van der Waals surface area contributed by atoms with E-state index >= 15 is 0 Å². The minimum absolute atomic E-state index is 0.109. The summed E-state index contributed by atoms with van der Waals surface area (Å²) in [6.45, 7) is 5.37. The van der Waals surface area contributed by atoms with Gasteiger partial charge in [-0.05, 0) is 51.1 Å². The summed E-state index contributed by atoms with van der Waals surface area (Å²) >= 11 is 0. The highest BCUT2D eigenvalue weighted by Crippen LogP contribution is 2.34. The molecule has 1 N–H and O–H groups in total. The lowest BCUT2D eigenvalue weighted by Crippen LogP contribution is -2.51. The first-order valence-electron chi connectivity index (χ1n) is 13.5. The van der Waals surface area contributed by atoms with Crippen molar-refractivity contribution >= 4 is 22.3 Å². The van der Waals surface area contributed by atoms with Gasteiger partial charge in [-0.25, -0.2) is 4.39 Å². The van der Waals surface area contributed by atoms with Crippen molar-refractivity contribution in [2.24, 2.45) is 0 Å². The lowest BCUT2D eigenvalue weighted by atomic mass is 10.0. The van der Waals surface area contributed by atoms with Crippen molar-refractivity contribution in [3.63, 3.8) is 0 Å². The van der Waals surface area contributed by atoms with Gasteiger partial charge in [-0.1, -0.05) is 0 Å². The molecular weight excluding hydrogens is 483 g/mol. The monoisotopic (exact) mass is 516 g/mol. The molecule has 0 bridgehead atoms. The molecule has 3 aliphatic rings. The topological polar surface area (TPSA) is 93.4 Å². The maximum absolute atomic E-state index is 13.9. The molecule has 198 valence electrons. The number of pyridine rings is 1. The molecule has 6 rings (SSSR count). The van der Waals surface area contributed by atoms with Gasteiger partial charge in [0.1, 0.15) is 18.2 Å². The molecule has 2 aromatic heterocycles. The molecule has 2 fully saturated rings. The van der Waals surface area contributed by atoms with Crippen LogP contribution in [0.25, 0.3) is 10.8 Å². The van der Waals surface area contributed by atoms with Crippen LogP contribution in [-0.4, -0.2) is 78.3 Å². The Labute approximate surface area is 222 Å². The first-order valence-corrected chi connectivity index (χ1v) is 13.5. The minimum Gasteiger partial charge on any atom is -0.462 e. The smallest absolute Gasteiger partial charge is 0.318 e. The number of hydrogen-bond donors (Lipinski definition) is 1. The highest BCUT2D eigenvalue weighted by Gasteiger charge is 2.30. The molecule has 38 heavy (non-hydrogen) atoms. The molecule has 0 radical (unpaired) electrons. The van der Waals surface area contributed by atoms with Crippen LogP contribution in [-0.2, 0) is 13.0 Å². The SMILES string of the molecule is CN1CCC[C@H]1COc1nc2c(c(N3CCN[C@@H](CC#N)C3)n1)CCN(c1cncc3cc(F)ccc13)C2. The zero-order valence-corrected chi connectivity index (χ0v) is 21.7. The van der Waals surface area contributed by atoms with E-state index in [1.807, 2.05) is 12.3 Å². The third-order valence-electron chi connectivity index (χ3n) is 8.03. The van der Waals surface area contributed by atoms with Crippen LogP contribution in [0.15, 0.2) is 30.6 Å². The second-order valence-electron chi connectivity index (χ2n) is 10.5. The van der Waals surface area contributed by atoms with Gasteiger partial charge in [0.25, 0.3) is 0 Å². The molecule has 0 saturated carbocycles. The number of nitrogens with one attached hydrogen (secondary N) is 1. The van der Waals surface area contributed by atoms with Crippen molar-refractivity contribution in [1.29, 1.82) is 5.26 Å². The third kappa shape index (κ3) is 4.96. The third-order valence-corrected chi connectivity index (χ3v) is 8.03. The van der Waals surface area contributed by atoms with E-state index in [9.17, 15) is 9.65 Å². The van der Waals surface area contributed by atoms with Crippen LogP contribution in [0.4, 0.5) is 15.9 Å². The highest BCUT2D eigenvalue weighted by atomic mass is 19.1. The Morgan fingerprint density at radius 2 is 2.11 bits per heavy atom. The highest BCUT2D eigenvalue weighted by molar-refractivity contribution is 5.93. The van der Waals surface area contributed by atoms with Crippen molar-refractivity contribution in [2.75, 3.05) is 56.2 Å². The van der Waals surface area contributed by atoms with Gasteiger partial charge < -0.3 is 24.8 Å². The van der Waals surface area contributed by atoms with E-state index in [1.54, 1.807) is 6.20 Å². The van der Waals surface area contributed by atoms with Gasteiger partial charge in [0.15, 0.2) is 0 Å². The van der Waals surface area contributed by atoms with Crippen LogP contribution in [0.5, 0.6) is 6.01 Å². The average Bonchev–Trinajstić information content (AvgIpc) is 3.35. The van der Waals surface area contributed by atoms with E-state index in [1.165, 1.54) is 18.6 Å². The molecule has 3 aromatic rings. The molecule has 2 saturated heterocycles. The second kappa shape index (κ2) is 10.7. The van der Waals surface area contributed by atoms with Gasteiger partial charge in [0.2, 0.25) is 0 Å². The predicted molar refractivity (Wildman–Crippen MR) is 144 cm³/mol. The van der Waals surface area contributed by atoms with E-state index in [4.69, 9.17) is 14.7 Å². The number of rotatable bonds is 6. The standard InChI is InChI=1S/C28H33FN8O/c1-35-10-2-3-22(35)18-38-28-33-25-17-36(26-15-31-14-19-13-20(29)4-5-23(19)26)11-7-24(25)27(34-28)37-12-9-32-21(16-37)6-8-30/h4-5,13-15,21-22,32H,2-3,6-7,9-12,16-18H2,1H3/t21-,22-/m0/s1. The summed E-state index contributed by atoms with van der Waals surface area (Å²) in [6, 6.07) is 8.03. The van der Waals surface area contributed by atoms with Crippen LogP contribution >= 0.6 is 0 Å². The Kier molecular flexibility index (Phi) is 6.96. The molecule has 2 atom stereocenters. The van der Waals surface area contributed by atoms with Crippen molar-refractivity contribution in [3.8, 4) is 12.1 Å². The Bertz CT molecular complexity index is 1360. The van der Waals surface area contributed by atoms with Gasteiger partial charge >= 0.3 is 6.01 Å². The molecular formula is C28H33FN8O. The number of anilines is 2. The zero-order chi connectivity index (χ0) is 26.1. The van der Waals surface area contributed by atoms with E-state index < -0.39 is 0 Å². The molecule has 3 aliphatic heterocycles. The number of hydrogen-bond acceptors (Lipinski definition) is 9. The van der Waals surface area contributed by atoms with E-state index in [0.717, 1.165) is 79.1 Å². The molecule has 0 spiro atoms. The maximum atomic E-state index is 13.9. The number of likely N-dealkylation sites (tertiary alicyclic amines) is 1. The van der Waals surface area contributed by atoms with Crippen molar-refractivity contribution in [2.45, 2.75) is 44.3 Å². The fourth-order valence-electron chi connectivity index (χ4n) is 5.93. The molecule has 0 unspecified atom stereocenters. The van der Waals surface area contributed by atoms with Crippen molar-refractivity contribution in [1.82, 2.24) is 25.2 Å². The summed E-state index contributed by atoms with van der Waals surface area (Å²) in [4.78, 5) is 21.1. The van der Waals surface area contributed by atoms with Crippen molar-refractivity contribution < 1.29 is 9.13 Å². The lowest BCUT2D eigenvalue weighted by Gasteiger charge is -2.37. The second-order valence-corrected chi connectivity index (χ2v) is 10.5. The summed E-state index contributed by atoms with van der Waals surface area (Å²) in [5.74, 6) is 0.658. The largest absolute Gasteiger partial charge is 0.462 e. The van der Waals surface area contributed by atoms with Gasteiger partial charge in [-0.3, -0.25) is 4.98 Å². The van der Waals surface area contributed by atoms with Crippen LogP contribution in [0, 0.1) is 17.1 Å². The van der Waals surface area contributed by atoms with Gasteiger partial charge in [-0.2, -0.15) is 15.2 Å². The Hall–Kier alpha value is -3.55. The number of ether oxygens (including phenoxy) is 1. The molecule has 9 nitrogen and oxygen atoms in total. The Morgan fingerprint density at radius 3 is 2.95 bits per heavy atom. The molecule has 0 amide bonds. The number of likely N-dealkylation sites (N-methyl/N-ethyl adjacent to an activating group) is 1. The summed E-state index contributed by atoms with van der Waals surface area (Å²) in [5, 5.41) is 14.4. The number of halogens is 1. The quantitative estimate of drug-likeness (QED) is 0.531. The predicted octanol–water partition coefficient (Wildman–Crippen LogP) is 2.89. The maximum Gasteiger partial charge on any atom is 0.318 e. The fraction of sp³-hybridized carbons (Fsp3) is 0.500. The summed E-state index contributed by atoms with van der Waals surface area (Å²) in [7, 11) is 2.14. The Balaban J connectivity index is 1.32. The van der Waals surface area contributed by atoms with Gasteiger partial charge in [0.05, 0.1) is 36.6 Å². The Morgan fingerprint density at radius 1 is 1.18 bits per heavy atom. The number of piperazine rings is 1. The average molecular weight is 517 g/mol. The molecule has 1 aromatic carbocycles.